The number of carbonyl (C=O) groups is 2. The monoisotopic (exact) mass is 260 g/mol. The standard InChI is InChI=1S/C14H16N2O3/c17-13(16-9-10-4-2-1-3-5-10)12-8-11(14(18)19)6-7-15-12/h1-2,6-8,10H,3-5,9H2,(H,16,17)(H,18,19). The smallest absolute Gasteiger partial charge is 0.335 e. The molecule has 1 aliphatic carbocycles. The number of allylic oxidation sites excluding steroid dienone is 2. The van der Waals surface area contributed by atoms with Gasteiger partial charge in [0, 0.05) is 12.7 Å². The first-order valence-electron chi connectivity index (χ1n) is 6.29. The summed E-state index contributed by atoms with van der Waals surface area (Å²) in [6.45, 7) is 0.599. The van der Waals surface area contributed by atoms with Crippen molar-refractivity contribution in [3.63, 3.8) is 0 Å². The van der Waals surface area contributed by atoms with Crippen LogP contribution in [-0.4, -0.2) is 28.5 Å². The van der Waals surface area contributed by atoms with Crippen LogP contribution in [0.5, 0.6) is 0 Å². The lowest BCUT2D eigenvalue weighted by atomic mass is 9.94. The zero-order valence-corrected chi connectivity index (χ0v) is 10.5. The molecule has 0 saturated carbocycles. The summed E-state index contributed by atoms with van der Waals surface area (Å²) in [7, 11) is 0. The molecule has 19 heavy (non-hydrogen) atoms. The van der Waals surface area contributed by atoms with Crippen LogP contribution in [0, 0.1) is 5.92 Å². The molecule has 0 aromatic carbocycles. The molecule has 0 radical (unpaired) electrons. The first kappa shape index (κ1) is 13.3. The molecule has 0 saturated heterocycles. The normalized spacial score (nSPS) is 18.0. The highest BCUT2D eigenvalue weighted by atomic mass is 16.4. The van der Waals surface area contributed by atoms with Gasteiger partial charge in [0.2, 0.25) is 0 Å². The van der Waals surface area contributed by atoms with Crippen LogP contribution in [-0.2, 0) is 0 Å². The number of aromatic nitrogens is 1. The number of hydrogen-bond donors (Lipinski definition) is 2. The second-order valence-corrected chi connectivity index (χ2v) is 4.60. The Morgan fingerprint density at radius 3 is 2.95 bits per heavy atom. The quantitative estimate of drug-likeness (QED) is 0.810. The molecule has 2 N–H and O–H groups in total. The second-order valence-electron chi connectivity index (χ2n) is 4.60. The zero-order chi connectivity index (χ0) is 13.7. The average molecular weight is 260 g/mol. The Labute approximate surface area is 111 Å². The molecule has 1 unspecified atom stereocenters. The summed E-state index contributed by atoms with van der Waals surface area (Å²) in [6, 6.07) is 2.66. The first-order chi connectivity index (χ1) is 9.16. The van der Waals surface area contributed by atoms with Gasteiger partial charge in [-0.1, -0.05) is 12.2 Å². The summed E-state index contributed by atoms with van der Waals surface area (Å²) in [5.74, 6) is -0.928. The third-order valence-electron chi connectivity index (χ3n) is 3.17. The van der Waals surface area contributed by atoms with Gasteiger partial charge in [-0.15, -0.1) is 0 Å². The van der Waals surface area contributed by atoms with Crippen LogP contribution in [0.1, 0.15) is 40.1 Å². The van der Waals surface area contributed by atoms with Crippen molar-refractivity contribution in [3.8, 4) is 0 Å². The second kappa shape index (κ2) is 6.13. The number of carbonyl (C=O) groups excluding carboxylic acids is 1. The van der Waals surface area contributed by atoms with Gasteiger partial charge in [-0.05, 0) is 37.3 Å². The van der Waals surface area contributed by atoms with E-state index in [-0.39, 0.29) is 17.2 Å². The average Bonchev–Trinajstić information content (AvgIpc) is 2.46. The van der Waals surface area contributed by atoms with E-state index in [9.17, 15) is 9.59 Å². The van der Waals surface area contributed by atoms with E-state index in [2.05, 4.69) is 22.5 Å². The molecular weight excluding hydrogens is 244 g/mol. The lowest BCUT2D eigenvalue weighted by Gasteiger charge is -2.17. The molecule has 0 fully saturated rings. The molecule has 1 amide bonds. The summed E-state index contributed by atoms with van der Waals surface area (Å²) in [5.41, 5.74) is 0.215. The minimum absolute atomic E-state index is 0.0701. The Bertz CT molecular complexity index is 511. The van der Waals surface area contributed by atoms with E-state index in [1.165, 1.54) is 18.3 Å². The van der Waals surface area contributed by atoms with Crippen molar-refractivity contribution < 1.29 is 14.7 Å². The lowest BCUT2D eigenvalue weighted by Crippen LogP contribution is -2.30. The maximum Gasteiger partial charge on any atom is 0.335 e. The summed E-state index contributed by atoms with van der Waals surface area (Å²) in [5, 5.41) is 11.7. The van der Waals surface area contributed by atoms with Gasteiger partial charge < -0.3 is 10.4 Å². The third kappa shape index (κ3) is 3.64. The fourth-order valence-electron chi connectivity index (χ4n) is 2.06. The molecule has 5 nitrogen and oxygen atoms in total. The maximum atomic E-state index is 11.9. The van der Waals surface area contributed by atoms with Crippen LogP contribution in [0.3, 0.4) is 0 Å². The van der Waals surface area contributed by atoms with Crippen LogP contribution < -0.4 is 5.32 Å². The number of aromatic carboxylic acids is 1. The van der Waals surface area contributed by atoms with Gasteiger partial charge in [-0.25, -0.2) is 4.79 Å². The van der Waals surface area contributed by atoms with Gasteiger partial charge in [-0.3, -0.25) is 9.78 Å². The predicted octanol–water partition coefficient (Wildman–Crippen LogP) is 1.87. The Morgan fingerprint density at radius 1 is 1.42 bits per heavy atom. The van der Waals surface area contributed by atoms with Gasteiger partial charge in [-0.2, -0.15) is 0 Å². The number of hydrogen-bond acceptors (Lipinski definition) is 3. The Kier molecular flexibility index (Phi) is 4.28. The number of carboxylic acids is 1. The number of rotatable bonds is 4. The molecule has 1 atom stereocenters. The molecule has 0 spiro atoms. The van der Waals surface area contributed by atoms with Gasteiger partial charge in [0.25, 0.3) is 5.91 Å². The summed E-state index contributed by atoms with van der Waals surface area (Å²) in [4.78, 5) is 26.6. The van der Waals surface area contributed by atoms with Crippen LogP contribution >= 0.6 is 0 Å². The van der Waals surface area contributed by atoms with E-state index in [0.29, 0.717) is 12.5 Å². The van der Waals surface area contributed by atoms with Crippen LogP contribution in [0.4, 0.5) is 0 Å². The molecule has 5 heteroatoms. The van der Waals surface area contributed by atoms with Gasteiger partial charge in [0.1, 0.15) is 5.69 Å². The number of amides is 1. The minimum Gasteiger partial charge on any atom is -0.478 e. The van der Waals surface area contributed by atoms with Crippen molar-refractivity contribution in [1.29, 1.82) is 0 Å². The van der Waals surface area contributed by atoms with Gasteiger partial charge in [0.05, 0.1) is 5.56 Å². The highest BCUT2D eigenvalue weighted by Crippen LogP contribution is 2.17. The van der Waals surface area contributed by atoms with Crippen LogP contribution in [0.15, 0.2) is 30.5 Å². The number of nitrogens with one attached hydrogen (secondary N) is 1. The highest BCUT2D eigenvalue weighted by Gasteiger charge is 2.14. The maximum absolute atomic E-state index is 11.9. The van der Waals surface area contributed by atoms with Crippen molar-refractivity contribution in [2.45, 2.75) is 19.3 Å². The minimum atomic E-state index is -1.06. The van der Waals surface area contributed by atoms with E-state index in [1.54, 1.807) is 0 Å². The molecule has 0 aliphatic heterocycles. The third-order valence-corrected chi connectivity index (χ3v) is 3.17. The van der Waals surface area contributed by atoms with E-state index in [0.717, 1.165) is 19.3 Å². The van der Waals surface area contributed by atoms with Crippen molar-refractivity contribution in [1.82, 2.24) is 10.3 Å². The highest BCUT2D eigenvalue weighted by molar-refractivity contribution is 5.95. The van der Waals surface area contributed by atoms with E-state index < -0.39 is 5.97 Å². The summed E-state index contributed by atoms with van der Waals surface area (Å²) >= 11 is 0. The molecule has 1 aromatic heterocycles. The van der Waals surface area contributed by atoms with Gasteiger partial charge in [0.15, 0.2) is 0 Å². The number of pyridine rings is 1. The van der Waals surface area contributed by atoms with Crippen LogP contribution in [0.25, 0.3) is 0 Å². The SMILES string of the molecule is O=C(O)c1ccnc(C(=O)NCC2CC=CCC2)c1. The molecule has 1 aliphatic rings. The van der Waals surface area contributed by atoms with E-state index >= 15 is 0 Å². The predicted molar refractivity (Wildman–Crippen MR) is 70.0 cm³/mol. The number of nitrogens with zero attached hydrogens (tertiary/aromatic N) is 1. The molecule has 1 heterocycles. The molecule has 2 rings (SSSR count). The number of carboxylic acid groups (broad SMARTS) is 1. The van der Waals surface area contributed by atoms with Crippen molar-refractivity contribution >= 4 is 11.9 Å². The fraction of sp³-hybridized carbons (Fsp3) is 0.357. The molecular formula is C14H16N2O3. The summed E-state index contributed by atoms with van der Waals surface area (Å²) < 4.78 is 0. The molecule has 1 aromatic rings. The van der Waals surface area contributed by atoms with Crippen molar-refractivity contribution in [3.05, 3.63) is 41.7 Å². The Balaban J connectivity index is 1.94. The first-order valence-corrected chi connectivity index (χ1v) is 6.29. The largest absolute Gasteiger partial charge is 0.478 e. The zero-order valence-electron chi connectivity index (χ0n) is 10.5. The van der Waals surface area contributed by atoms with E-state index in [4.69, 9.17) is 5.11 Å². The van der Waals surface area contributed by atoms with Crippen molar-refractivity contribution in [2.24, 2.45) is 5.92 Å². The lowest BCUT2D eigenvalue weighted by molar-refractivity contribution is 0.0696. The Morgan fingerprint density at radius 2 is 2.26 bits per heavy atom. The Hall–Kier alpha value is -2.17. The van der Waals surface area contributed by atoms with Gasteiger partial charge >= 0.3 is 5.97 Å². The topological polar surface area (TPSA) is 79.3 Å². The van der Waals surface area contributed by atoms with E-state index in [1.807, 2.05) is 0 Å². The fourth-order valence-corrected chi connectivity index (χ4v) is 2.06. The van der Waals surface area contributed by atoms with Crippen molar-refractivity contribution in [2.75, 3.05) is 6.54 Å². The van der Waals surface area contributed by atoms with Crippen LogP contribution in [0.2, 0.25) is 0 Å². The molecule has 100 valence electrons. The molecule has 0 bridgehead atoms. The summed E-state index contributed by atoms with van der Waals surface area (Å²) in [6.07, 6.45) is 8.71.